The smallest absolute Gasteiger partial charge is 0.139 e. The molecule has 1 aliphatic rings. The molecule has 0 unspecified atom stereocenters. The van der Waals surface area contributed by atoms with Crippen molar-refractivity contribution in [2.24, 2.45) is 0 Å². The Kier molecular flexibility index (Phi) is 3.25. The number of benzene rings is 3. The highest BCUT2D eigenvalue weighted by Gasteiger charge is 2.36. The molecule has 0 spiro atoms. The lowest BCUT2D eigenvalue weighted by molar-refractivity contribution is 0.570. The summed E-state index contributed by atoms with van der Waals surface area (Å²) in [4.78, 5) is 4.90. The first-order valence-electron chi connectivity index (χ1n) is 10.7. The fourth-order valence-electron chi connectivity index (χ4n) is 5.23. The molecule has 0 saturated heterocycles. The van der Waals surface area contributed by atoms with E-state index in [0.29, 0.717) is 0 Å². The van der Waals surface area contributed by atoms with E-state index in [0.717, 1.165) is 22.2 Å². The number of fused-ring (bicyclic) bond motifs is 3. The summed E-state index contributed by atoms with van der Waals surface area (Å²) in [6.45, 7) is 11.4. The van der Waals surface area contributed by atoms with Crippen LogP contribution < -0.4 is 0 Å². The zero-order valence-electron chi connectivity index (χ0n) is 18.1. The number of furan rings is 1. The predicted molar refractivity (Wildman–Crippen MR) is 125 cm³/mol. The third-order valence-corrected chi connectivity index (χ3v) is 6.83. The average molecular weight is 392 g/mol. The summed E-state index contributed by atoms with van der Waals surface area (Å²) in [5.41, 5.74) is 7.87. The maximum Gasteiger partial charge on any atom is 0.139 e. The summed E-state index contributed by atoms with van der Waals surface area (Å²) >= 11 is 0. The highest BCUT2D eigenvalue weighted by atomic mass is 16.3. The largest absolute Gasteiger partial charge is 0.456 e. The van der Waals surface area contributed by atoms with Crippen molar-refractivity contribution in [2.45, 2.75) is 45.4 Å². The second kappa shape index (κ2) is 5.51. The van der Waals surface area contributed by atoms with Gasteiger partial charge in [0.25, 0.3) is 0 Å². The molecule has 0 aliphatic heterocycles. The summed E-state index contributed by atoms with van der Waals surface area (Å²) < 4.78 is 6.52. The lowest BCUT2D eigenvalue weighted by Crippen LogP contribution is -2.20. The van der Waals surface area contributed by atoms with Gasteiger partial charge in [0, 0.05) is 28.1 Å². The molecule has 148 valence electrons. The molecule has 0 amide bonds. The van der Waals surface area contributed by atoms with Crippen molar-refractivity contribution in [3.8, 4) is 11.3 Å². The van der Waals surface area contributed by atoms with Gasteiger partial charge < -0.3 is 4.42 Å². The van der Waals surface area contributed by atoms with E-state index in [4.69, 9.17) is 9.40 Å². The Bertz CT molecular complexity index is 1490. The van der Waals surface area contributed by atoms with E-state index in [2.05, 4.69) is 83.1 Å². The first-order valence-corrected chi connectivity index (χ1v) is 10.7. The Morgan fingerprint density at radius 2 is 1.57 bits per heavy atom. The van der Waals surface area contributed by atoms with Crippen LogP contribution in [0.4, 0.5) is 0 Å². The third-order valence-electron chi connectivity index (χ3n) is 6.83. The third kappa shape index (κ3) is 2.17. The van der Waals surface area contributed by atoms with Gasteiger partial charge in [0.1, 0.15) is 11.2 Å². The molecular weight excluding hydrogens is 366 g/mol. The molecule has 0 bridgehead atoms. The van der Waals surface area contributed by atoms with Crippen molar-refractivity contribution < 1.29 is 4.42 Å². The van der Waals surface area contributed by atoms with E-state index >= 15 is 0 Å². The summed E-state index contributed by atoms with van der Waals surface area (Å²) in [5, 5.41) is 4.89. The Morgan fingerprint density at radius 1 is 0.833 bits per heavy atom. The van der Waals surface area contributed by atoms with E-state index in [-0.39, 0.29) is 10.8 Å². The molecule has 0 fully saturated rings. The van der Waals surface area contributed by atoms with Crippen molar-refractivity contribution >= 4 is 32.7 Å². The van der Waals surface area contributed by atoms with E-state index in [1.54, 1.807) is 0 Å². The maximum absolute atomic E-state index is 6.52. The lowest BCUT2D eigenvalue weighted by Gasteiger charge is -2.29. The molecule has 0 N–H and O–H groups in total. The minimum atomic E-state index is -0.175. The highest BCUT2D eigenvalue weighted by Crippen LogP contribution is 2.51. The van der Waals surface area contributed by atoms with Crippen LogP contribution in [-0.4, -0.2) is 4.98 Å². The summed E-state index contributed by atoms with van der Waals surface area (Å²) in [5.74, 6) is 0. The second-order valence-electron chi connectivity index (χ2n) is 10.1. The van der Waals surface area contributed by atoms with E-state index < -0.39 is 0 Å². The monoisotopic (exact) mass is 391 g/mol. The molecule has 2 heterocycles. The van der Waals surface area contributed by atoms with Gasteiger partial charge in [-0.15, -0.1) is 0 Å². The molecule has 30 heavy (non-hydrogen) atoms. The average Bonchev–Trinajstić information content (AvgIpc) is 3.07. The maximum atomic E-state index is 6.52. The SMILES string of the molecule is CC(C)(C)c1ccc2c3c1oc1ccnc(c13)-c1cc3ccccc3cc1C2(C)C. The Balaban J connectivity index is 1.87. The van der Waals surface area contributed by atoms with Crippen LogP contribution in [0.1, 0.15) is 51.3 Å². The number of hydrogen-bond acceptors (Lipinski definition) is 2. The number of pyridine rings is 1. The topological polar surface area (TPSA) is 26.0 Å². The molecule has 2 aromatic heterocycles. The predicted octanol–water partition coefficient (Wildman–Crippen LogP) is 7.74. The van der Waals surface area contributed by atoms with Gasteiger partial charge in [-0.1, -0.05) is 71.0 Å². The molecule has 6 rings (SSSR count). The van der Waals surface area contributed by atoms with Crippen LogP contribution in [0.3, 0.4) is 0 Å². The van der Waals surface area contributed by atoms with Crippen molar-refractivity contribution in [3.05, 3.63) is 77.5 Å². The van der Waals surface area contributed by atoms with Gasteiger partial charge in [0.15, 0.2) is 0 Å². The van der Waals surface area contributed by atoms with Crippen molar-refractivity contribution in [3.63, 3.8) is 0 Å². The first kappa shape index (κ1) is 17.7. The second-order valence-corrected chi connectivity index (χ2v) is 10.1. The van der Waals surface area contributed by atoms with Crippen LogP contribution in [0.5, 0.6) is 0 Å². The van der Waals surface area contributed by atoms with E-state index in [9.17, 15) is 0 Å². The van der Waals surface area contributed by atoms with Crippen LogP contribution in [-0.2, 0) is 10.8 Å². The normalized spacial score (nSPS) is 15.1. The van der Waals surface area contributed by atoms with Gasteiger partial charge in [0.2, 0.25) is 0 Å². The summed E-state index contributed by atoms with van der Waals surface area (Å²) in [6.07, 6.45) is 1.88. The van der Waals surface area contributed by atoms with Gasteiger partial charge in [-0.25, -0.2) is 0 Å². The zero-order valence-corrected chi connectivity index (χ0v) is 18.1. The molecule has 0 atom stereocenters. The summed E-state index contributed by atoms with van der Waals surface area (Å²) in [7, 11) is 0. The zero-order chi connectivity index (χ0) is 20.8. The molecule has 3 aromatic carbocycles. The molecule has 5 aromatic rings. The molecule has 2 nitrogen and oxygen atoms in total. The minimum Gasteiger partial charge on any atom is -0.456 e. The van der Waals surface area contributed by atoms with Crippen LogP contribution in [0.15, 0.2) is 65.2 Å². The molecule has 2 heteroatoms. The van der Waals surface area contributed by atoms with Crippen LogP contribution in [0.25, 0.3) is 44.0 Å². The number of hydrogen-bond donors (Lipinski definition) is 0. The Labute approximate surface area is 176 Å². The van der Waals surface area contributed by atoms with Gasteiger partial charge >= 0.3 is 0 Å². The number of rotatable bonds is 0. The number of aromatic nitrogens is 1. The van der Waals surface area contributed by atoms with Crippen LogP contribution in [0.2, 0.25) is 0 Å². The molecule has 1 aliphatic carbocycles. The van der Waals surface area contributed by atoms with Gasteiger partial charge in [0.05, 0.1) is 11.1 Å². The fourth-order valence-corrected chi connectivity index (χ4v) is 5.23. The van der Waals surface area contributed by atoms with Crippen molar-refractivity contribution in [1.29, 1.82) is 0 Å². The standard InChI is InChI=1S/C28H25NO/c1-27(2,3)20-11-10-19-23-24-22(30-26(20)23)12-13-29-25(24)18-14-16-8-6-7-9-17(16)15-21(18)28(19,4)5/h6-15H,1-5H3. The van der Waals surface area contributed by atoms with Gasteiger partial charge in [-0.05, 0) is 45.5 Å². The first-order chi connectivity index (χ1) is 14.3. The minimum absolute atomic E-state index is 0.00201. The lowest BCUT2D eigenvalue weighted by atomic mass is 9.74. The van der Waals surface area contributed by atoms with Crippen molar-refractivity contribution in [1.82, 2.24) is 4.98 Å². The fraction of sp³-hybridized carbons (Fsp3) is 0.250. The van der Waals surface area contributed by atoms with Crippen LogP contribution >= 0.6 is 0 Å². The van der Waals surface area contributed by atoms with E-state index in [1.165, 1.54) is 38.4 Å². The van der Waals surface area contributed by atoms with Gasteiger partial charge in [-0.2, -0.15) is 0 Å². The Hall–Kier alpha value is -3.13. The van der Waals surface area contributed by atoms with Gasteiger partial charge in [-0.3, -0.25) is 4.98 Å². The van der Waals surface area contributed by atoms with E-state index in [1.807, 2.05) is 12.3 Å². The molecular formula is C28H25NO. The quantitative estimate of drug-likeness (QED) is 0.270. The summed E-state index contributed by atoms with van der Waals surface area (Å²) in [6, 6.07) is 19.9. The molecule has 0 radical (unpaired) electrons. The molecule has 0 saturated carbocycles. The van der Waals surface area contributed by atoms with Crippen LogP contribution in [0, 0.1) is 0 Å². The van der Waals surface area contributed by atoms with Crippen molar-refractivity contribution in [2.75, 3.05) is 0 Å². The highest BCUT2D eigenvalue weighted by molar-refractivity contribution is 6.16. The Morgan fingerprint density at radius 3 is 2.30 bits per heavy atom. The number of nitrogens with zero attached hydrogens (tertiary/aromatic N) is 1.